The van der Waals surface area contributed by atoms with Crippen LogP contribution in [0.5, 0.6) is 5.75 Å². The summed E-state index contributed by atoms with van der Waals surface area (Å²) in [5.74, 6) is -0.910. The molecule has 4 nitrogen and oxygen atoms in total. The lowest BCUT2D eigenvalue weighted by Crippen LogP contribution is -2.42. The molecule has 3 N–H and O–H groups in total. The minimum Gasteiger partial charge on any atom is -0.506 e. The van der Waals surface area contributed by atoms with Gasteiger partial charge in [0.05, 0.1) is 5.69 Å². The molecular formula is C12H13NO3. The van der Waals surface area contributed by atoms with E-state index in [4.69, 9.17) is 5.11 Å². The van der Waals surface area contributed by atoms with Gasteiger partial charge in [0.25, 0.3) is 0 Å². The Bertz CT molecular complexity index is 493. The van der Waals surface area contributed by atoms with Gasteiger partial charge in [-0.1, -0.05) is 12.1 Å². The van der Waals surface area contributed by atoms with Crippen LogP contribution in [0.3, 0.4) is 0 Å². The molecule has 1 atom stereocenters. The SMILES string of the molecule is Cc1ccc(O)c2c1C=CC(C)(C(=O)O)N2. The third kappa shape index (κ3) is 1.43. The van der Waals surface area contributed by atoms with Crippen molar-refractivity contribution >= 4 is 17.7 Å². The number of benzene rings is 1. The highest BCUT2D eigenvalue weighted by Gasteiger charge is 2.34. The fourth-order valence-corrected chi connectivity index (χ4v) is 1.73. The minimum absolute atomic E-state index is 0.0671. The largest absolute Gasteiger partial charge is 0.506 e. The van der Waals surface area contributed by atoms with Gasteiger partial charge in [0.2, 0.25) is 0 Å². The molecule has 4 heteroatoms. The van der Waals surface area contributed by atoms with Gasteiger partial charge in [0, 0.05) is 5.56 Å². The summed E-state index contributed by atoms with van der Waals surface area (Å²) in [6, 6.07) is 3.35. The molecule has 0 radical (unpaired) electrons. The number of aromatic hydroxyl groups is 1. The number of phenols is 1. The van der Waals surface area contributed by atoms with Crippen molar-refractivity contribution < 1.29 is 15.0 Å². The first-order valence-corrected chi connectivity index (χ1v) is 4.97. The average molecular weight is 219 g/mol. The predicted molar refractivity (Wildman–Crippen MR) is 61.5 cm³/mol. The van der Waals surface area contributed by atoms with Crippen LogP contribution >= 0.6 is 0 Å². The second-order valence-corrected chi connectivity index (χ2v) is 4.16. The average Bonchev–Trinajstić information content (AvgIpc) is 2.23. The van der Waals surface area contributed by atoms with E-state index in [2.05, 4.69) is 5.32 Å². The molecule has 0 bridgehead atoms. The zero-order valence-corrected chi connectivity index (χ0v) is 9.11. The zero-order valence-electron chi connectivity index (χ0n) is 9.11. The lowest BCUT2D eigenvalue weighted by Gasteiger charge is -2.29. The van der Waals surface area contributed by atoms with E-state index < -0.39 is 11.5 Å². The summed E-state index contributed by atoms with van der Waals surface area (Å²) >= 11 is 0. The zero-order chi connectivity index (χ0) is 11.9. The number of carbonyl (C=O) groups is 1. The Morgan fingerprint density at radius 3 is 2.75 bits per heavy atom. The van der Waals surface area contributed by atoms with Crippen molar-refractivity contribution in [3.05, 3.63) is 29.3 Å². The van der Waals surface area contributed by atoms with E-state index in [-0.39, 0.29) is 5.75 Å². The molecule has 0 fully saturated rings. The van der Waals surface area contributed by atoms with Gasteiger partial charge in [-0.25, -0.2) is 4.79 Å². The second kappa shape index (κ2) is 3.27. The summed E-state index contributed by atoms with van der Waals surface area (Å²) in [5, 5.41) is 21.6. The van der Waals surface area contributed by atoms with Gasteiger partial charge in [-0.05, 0) is 31.6 Å². The molecule has 0 saturated carbocycles. The van der Waals surface area contributed by atoms with Gasteiger partial charge < -0.3 is 15.5 Å². The van der Waals surface area contributed by atoms with Crippen LogP contribution in [0.2, 0.25) is 0 Å². The van der Waals surface area contributed by atoms with Crippen LogP contribution in [-0.4, -0.2) is 21.7 Å². The van der Waals surface area contributed by atoms with E-state index in [1.165, 1.54) is 0 Å². The quantitative estimate of drug-likeness (QED) is 0.632. The van der Waals surface area contributed by atoms with Crippen molar-refractivity contribution in [2.75, 3.05) is 5.32 Å². The summed E-state index contributed by atoms with van der Waals surface area (Å²) in [4.78, 5) is 11.1. The first-order valence-electron chi connectivity index (χ1n) is 4.97. The molecule has 2 rings (SSSR count). The molecule has 1 aromatic rings. The topological polar surface area (TPSA) is 69.6 Å². The van der Waals surface area contributed by atoms with Crippen molar-refractivity contribution in [3.8, 4) is 5.75 Å². The molecule has 1 aliphatic heterocycles. The standard InChI is InChI=1S/C12H13NO3/c1-7-3-4-9(14)10-8(7)5-6-12(2,13-10)11(15)16/h3-6,13-14H,1-2H3,(H,15,16). The molecular weight excluding hydrogens is 206 g/mol. The molecule has 0 aromatic heterocycles. The molecule has 16 heavy (non-hydrogen) atoms. The molecule has 1 aliphatic rings. The van der Waals surface area contributed by atoms with Gasteiger partial charge in [-0.15, -0.1) is 0 Å². The Morgan fingerprint density at radius 2 is 2.12 bits per heavy atom. The normalized spacial score (nSPS) is 22.4. The number of nitrogens with one attached hydrogen (secondary N) is 1. The maximum absolute atomic E-state index is 11.1. The van der Waals surface area contributed by atoms with Gasteiger partial charge in [-0.2, -0.15) is 0 Å². The summed E-state index contributed by atoms with van der Waals surface area (Å²) in [6.07, 6.45) is 3.32. The molecule has 0 amide bonds. The van der Waals surface area contributed by atoms with Crippen LogP contribution in [0, 0.1) is 6.92 Å². The van der Waals surface area contributed by atoms with Crippen LogP contribution in [-0.2, 0) is 4.79 Å². The Morgan fingerprint density at radius 1 is 1.44 bits per heavy atom. The number of aliphatic carboxylic acids is 1. The monoisotopic (exact) mass is 219 g/mol. The van der Waals surface area contributed by atoms with E-state index in [0.29, 0.717) is 5.69 Å². The van der Waals surface area contributed by atoms with E-state index in [1.54, 1.807) is 31.2 Å². The van der Waals surface area contributed by atoms with E-state index in [0.717, 1.165) is 11.1 Å². The maximum atomic E-state index is 11.1. The Kier molecular flexibility index (Phi) is 2.15. The molecule has 0 spiro atoms. The number of anilines is 1. The Balaban J connectivity index is 2.57. The van der Waals surface area contributed by atoms with Gasteiger partial charge in [0.1, 0.15) is 5.75 Å². The van der Waals surface area contributed by atoms with Crippen molar-refractivity contribution in [1.29, 1.82) is 0 Å². The lowest BCUT2D eigenvalue weighted by atomic mass is 9.92. The van der Waals surface area contributed by atoms with E-state index in [9.17, 15) is 9.90 Å². The van der Waals surface area contributed by atoms with Crippen LogP contribution in [0.15, 0.2) is 18.2 Å². The highest BCUT2D eigenvalue weighted by Crippen LogP contribution is 2.37. The summed E-state index contributed by atoms with van der Waals surface area (Å²) in [6.45, 7) is 3.46. The lowest BCUT2D eigenvalue weighted by molar-refractivity contribution is -0.140. The number of carboxylic acids is 1. The van der Waals surface area contributed by atoms with Gasteiger partial charge in [-0.3, -0.25) is 0 Å². The van der Waals surface area contributed by atoms with Crippen molar-refractivity contribution in [2.24, 2.45) is 0 Å². The highest BCUT2D eigenvalue weighted by atomic mass is 16.4. The number of rotatable bonds is 1. The van der Waals surface area contributed by atoms with Crippen LogP contribution in [0.1, 0.15) is 18.1 Å². The van der Waals surface area contributed by atoms with Crippen molar-refractivity contribution in [1.82, 2.24) is 0 Å². The van der Waals surface area contributed by atoms with Crippen molar-refractivity contribution in [2.45, 2.75) is 19.4 Å². The fraction of sp³-hybridized carbons (Fsp3) is 0.250. The molecule has 1 heterocycles. The molecule has 0 saturated heterocycles. The van der Waals surface area contributed by atoms with Gasteiger partial charge in [0.15, 0.2) is 5.54 Å². The second-order valence-electron chi connectivity index (χ2n) is 4.16. The minimum atomic E-state index is -1.17. The number of aryl methyl sites for hydroxylation is 1. The maximum Gasteiger partial charge on any atom is 0.333 e. The number of fused-ring (bicyclic) bond motifs is 1. The van der Waals surface area contributed by atoms with Crippen LogP contribution < -0.4 is 5.32 Å². The Labute approximate surface area is 93.2 Å². The predicted octanol–water partition coefficient (Wildman–Crippen LogP) is 1.98. The van der Waals surface area contributed by atoms with Crippen molar-refractivity contribution in [3.63, 3.8) is 0 Å². The highest BCUT2D eigenvalue weighted by molar-refractivity contribution is 5.92. The van der Waals surface area contributed by atoms with Crippen LogP contribution in [0.4, 0.5) is 5.69 Å². The first-order chi connectivity index (χ1) is 7.44. The van der Waals surface area contributed by atoms with Gasteiger partial charge >= 0.3 is 5.97 Å². The molecule has 0 aliphatic carbocycles. The number of phenolic OH excluding ortho intramolecular Hbond substituents is 1. The Hall–Kier alpha value is -1.97. The fourth-order valence-electron chi connectivity index (χ4n) is 1.73. The smallest absolute Gasteiger partial charge is 0.333 e. The molecule has 1 aromatic carbocycles. The third-order valence-corrected chi connectivity index (χ3v) is 2.85. The van der Waals surface area contributed by atoms with E-state index >= 15 is 0 Å². The number of hydrogen-bond donors (Lipinski definition) is 3. The van der Waals surface area contributed by atoms with Crippen LogP contribution in [0.25, 0.3) is 6.08 Å². The third-order valence-electron chi connectivity index (χ3n) is 2.85. The number of carboxylic acid groups (broad SMARTS) is 1. The summed E-state index contributed by atoms with van der Waals surface area (Å²) in [7, 11) is 0. The molecule has 1 unspecified atom stereocenters. The number of hydrogen-bond acceptors (Lipinski definition) is 3. The van der Waals surface area contributed by atoms with E-state index in [1.807, 2.05) is 6.92 Å². The summed E-state index contributed by atoms with van der Waals surface area (Å²) in [5.41, 5.74) is 1.13. The first kappa shape index (κ1) is 10.5. The molecule has 84 valence electrons. The summed E-state index contributed by atoms with van der Waals surface area (Å²) < 4.78 is 0.